The van der Waals surface area contributed by atoms with E-state index in [1.807, 2.05) is 36.4 Å². The second kappa shape index (κ2) is 8.64. The number of anilines is 1. The van der Waals surface area contributed by atoms with Crippen LogP contribution < -0.4 is 9.64 Å². The first-order valence-electron chi connectivity index (χ1n) is 13.8. The van der Waals surface area contributed by atoms with Gasteiger partial charge in [-0.3, -0.25) is 9.59 Å². The Labute approximate surface area is 227 Å². The van der Waals surface area contributed by atoms with Crippen LogP contribution in [0.15, 0.2) is 54.6 Å². The minimum absolute atomic E-state index is 0.283. The van der Waals surface area contributed by atoms with Gasteiger partial charge < -0.3 is 14.6 Å². The molecule has 2 unspecified atom stereocenters. The van der Waals surface area contributed by atoms with Gasteiger partial charge in [0.2, 0.25) is 11.8 Å². The fraction of sp³-hybridized carbons (Fsp3) is 0.406. The van der Waals surface area contributed by atoms with Gasteiger partial charge in [0.25, 0.3) is 0 Å². The van der Waals surface area contributed by atoms with Crippen LogP contribution in [0.3, 0.4) is 0 Å². The number of nitrogens with zero attached hydrogens (tertiary/aromatic N) is 2. The monoisotopic (exact) mass is 522 g/mol. The molecule has 3 fully saturated rings. The third-order valence-electron chi connectivity index (χ3n) is 9.49. The van der Waals surface area contributed by atoms with Crippen molar-refractivity contribution in [2.24, 2.45) is 11.8 Å². The molecule has 7 rings (SSSR count). The van der Waals surface area contributed by atoms with E-state index in [1.165, 1.54) is 22.4 Å². The lowest BCUT2D eigenvalue weighted by Gasteiger charge is -2.33. The second-order valence-electron chi connectivity index (χ2n) is 11.5. The van der Waals surface area contributed by atoms with Gasteiger partial charge in [-0.25, -0.2) is 9.74 Å². The Bertz CT molecular complexity index is 1580. The average molecular weight is 523 g/mol. The highest BCUT2D eigenvalue weighted by atomic mass is 16.6. The van der Waals surface area contributed by atoms with Crippen LogP contribution >= 0.6 is 0 Å². The Morgan fingerprint density at radius 1 is 1.03 bits per heavy atom. The predicted molar refractivity (Wildman–Crippen MR) is 146 cm³/mol. The second-order valence-corrected chi connectivity index (χ2v) is 11.5. The highest BCUT2D eigenvalue weighted by Gasteiger charge is 2.77. The number of aliphatic hydroxyl groups is 1. The van der Waals surface area contributed by atoms with Crippen LogP contribution in [0.25, 0.3) is 15.6 Å². The summed E-state index contributed by atoms with van der Waals surface area (Å²) in [6, 6.07) is 16.9. The Kier molecular flexibility index (Phi) is 5.39. The van der Waals surface area contributed by atoms with Gasteiger partial charge in [-0.1, -0.05) is 42.5 Å². The fourth-order valence-electron chi connectivity index (χ4n) is 7.64. The molecule has 7 nitrogen and oxygen atoms in total. The van der Waals surface area contributed by atoms with Crippen LogP contribution in [0.1, 0.15) is 43.7 Å². The molecule has 7 heteroatoms. The molecule has 3 aromatic carbocycles. The summed E-state index contributed by atoms with van der Waals surface area (Å²) in [5.41, 5.74) is 1.40. The summed E-state index contributed by atoms with van der Waals surface area (Å²) in [7, 11) is 0. The van der Waals surface area contributed by atoms with E-state index in [0.29, 0.717) is 35.2 Å². The van der Waals surface area contributed by atoms with Crippen molar-refractivity contribution in [2.45, 2.75) is 62.8 Å². The highest BCUT2D eigenvalue weighted by molar-refractivity contribution is 6.26. The van der Waals surface area contributed by atoms with Crippen LogP contribution in [0, 0.1) is 18.4 Å². The molecule has 0 spiro atoms. The quantitative estimate of drug-likeness (QED) is 0.371. The van der Waals surface area contributed by atoms with Crippen LogP contribution in [0.2, 0.25) is 0 Å². The van der Waals surface area contributed by atoms with E-state index in [0.717, 1.165) is 25.0 Å². The van der Waals surface area contributed by atoms with E-state index in [9.17, 15) is 14.7 Å². The molecular formula is C32H30N2O5. The molecule has 3 heterocycles. The molecule has 2 amide bonds. The van der Waals surface area contributed by atoms with Gasteiger partial charge in [0, 0.05) is 12.8 Å². The SMILES string of the molecule is [C-]#[N+]c1ccc(N2C(=O)[C@@H]3[C@H](C2=O)C2(C)OC3(CCOc3cccc4c3CCCC4)C[C@H]2O)c2ccccc12. The third-order valence-corrected chi connectivity index (χ3v) is 9.49. The average Bonchev–Trinajstić information content (AvgIpc) is 3.49. The first-order chi connectivity index (χ1) is 18.9. The number of aryl methyl sites for hydroxylation is 1. The van der Waals surface area contributed by atoms with Crippen molar-refractivity contribution in [3.63, 3.8) is 0 Å². The molecule has 39 heavy (non-hydrogen) atoms. The Hall–Kier alpha value is -3.73. The van der Waals surface area contributed by atoms with Gasteiger partial charge in [0.15, 0.2) is 5.69 Å². The van der Waals surface area contributed by atoms with Crippen molar-refractivity contribution in [1.29, 1.82) is 0 Å². The summed E-state index contributed by atoms with van der Waals surface area (Å²) >= 11 is 0. The number of hydrogen-bond acceptors (Lipinski definition) is 5. The molecule has 3 saturated heterocycles. The minimum Gasteiger partial charge on any atom is -0.493 e. The summed E-state index contributed by atoms with van der Waals surface area (Å²) in [4.78, 5) is 32.9. The van der Waals surface area contributed by atoms with Crippen molar-refractivity contribution >= 4 is 34.0 Å². The van der Waals surface area contributed by atoms with Gasteiger partial charge in [0.05, 0.1) is 42.4 Å². The highest BCUT2D eigenvalue weighted by Crippen LogP contribution is 2.62. The molecular weight excluding hydrogens is 492 g/mol. The summed E-state index contributed by atoms with van der Waals surface area (Å²) in [5, 5.41) is 12.5. The Morgan fingerprint density at radius 2 is 1.79 bits per heavy atom. The van der Waals surface area contributed by atoms with E-state index >= 15 is 0 Å². The number of aliphatic hydroxyl groups excluding tert-OH is 1. The molecule has 0 radical (unpaired) electrons. The van der Waals surface area contributed by atoms with Crippen LogP contribution in [0.5, 0.6) is 5.75 Å². The number of imide groups is 1. The maximum atomic E-state index is 14.1. The maximum Gasteiger partial charge on any atom is 0.240 e. The largest absolute Gasteiger partial charge is 0.493 e. The first-order valence-corrected chi connectivity index (χ1v) is 13.8. The minimum atomic E-state index is -1.15. The van der Waals surface area contributed by atoms with Gasteiger partial charge in [-0.2, -0.15) is 0 Å². The van der Waals surface area contributed by atoms with Gasteiger partial charge >= 0.3 is 0 Å². The zero-order valence-electron chi connectivity index (χ0n) is 21.9. The standard InChI is InChI=1S/C32H30N2O5/c1-31-26(35)18-32(39-31,16-17-38-25-13-7-9-19-8-3-4-10-20(19)25)28-27(31)29(36)34(30(28)37)24-15-14-23(33-2)21-11-5-6-12-22(21)24/h5-7,9,11-15,26-28,35H,3-4,8,10,16-18H2,1H3/t26-,27-,28+,31?,32?/m1/s1. The fourth-order valence-corrected chi connectivity index (χ4v) is 7.64. The Morgan fingerprint density at radius 3 is 2.62 bits per heavy atom. The van der Waals surface area contributed by atoms with E-state index in [2.05, 4.69) is 10.9 Å². The van der Waals surface area contributed by atoms with Gasteiger partial charge in [-0.05, 0) is 66.6 Å². The summed E-state index contributed by atoms with van der Waals surface area (Å²) < 4.78 is 12.8. The zero-order chi connectivity index (χ0) is 26.9. The summed E-state index contributed by atoms with van der Waals surface area (Å²) in [5.74, 6) is -1.27. The molecule has 0 aromatic heterocycles. The lowest BCUT2D eigenvalue weighted by atomic mass is 9.66. The van der Waals surface area contributed by atoms with Crippen LogP contribution in [-0.2, 0) is 27.2 Å². The molecule has 3 aromatic rings. The molecule has 2 bridgehead atoms. The first kappa shape index (κ1) is 24.3. The van der Waals surface area contributed by atoms with Crippen molar-refractivity contribution < 1.29 is 24.2 Å². The molecule has 1 aliphatic carbocycles. The normalized spacial score (nSPS) is 30.9. The van der Waals surface area contributed by atoms with E-state index in [1.54, 1.807) is 19.1 Å². The van der Waals surface area contributed by atoms with Crippen molar-refractivity contribution in [3.05, 3.63) is 77.1 Å². The lowest BCUT2D eigenvalue weighted by Crippen LogP contribution is -2.49. The van der Waals surface area contributed by atoms with Crippen molar-refractivity contribution in [1.82, 2.24) is 0 Å². The van der Waals surface area contributed by atoms with E-state index in [-0.39, 0.29) is 18.2 Å². The van der Waals surface area contributed by atoms with Crippen molar-refractivity contribution in [3.8, 4) is 5.75 Å². The van der Waals surface area contributed by atoms with Crippen molar-refractivity contribution in [2.75, 3.05) is 11.5 Å². The lowest BCUT2D eigenvalue weighted by molar-refractivity contribution is -0.134. The summed E-state index contributed by atoms with van der Waals surface area (Å²) in [6.45, 7) is 9.61. The number of hydrogen-bond donors (Lipinski definition) is 1. The van der Waals surface area contributed by atoms with Gasteiger partial charge in [-0.15, -0.1) is 0 Å². The molecule has 198 valence electrons. The number of carbonyl (C=O) groups is 2. The molecule has 5 atom stereocenters. The van der Waals surface area contributed by atoms with Gasteiger partial charge in [0.1, 0.15) is 11.4 Å². The number of rotatable bonds is 5. The topological polar surface area (TPSA) is 80.4 Å². The van der Waals surface area contributed by atoms with Crippen LogP contribution in [0.4, 0.5) is 11.4 Å². The Balaban J connectivity index is 1.22. The summed E-state index contributed by atoms with van der Waals surface area (Å²) in [6.07, 6.45) is 4.21. The number of fused-ring (bicyclic) bond motifs is 7. The molecule has 3 aliphatic heterocycles. The smallest absolute Gasteiger partial charge is 0.240 e. The third kappa shape index (κ3) is 3.35. The zero-order valence-corrected chi connectivity index (χ0v) is 21.9. The predicted octanol–water partition coefficient (Wildman–Crippen LogP) is 5.14. The molecule has 1 N–H and O–H groups in total. The number of carbonyl (C=O) groups excluding carboxylic acids is 2. The number of ether oxygens (including phenoxy) is 2. The number of benzene rings is 3. The molecule has 4 aliphatic rings. The molecule has 0 saturated carbocycles. The number of amides is 2. The van der Waals surface area contributed by atoms with Crippen LogP contribution in [-0.4, -0.2) is 40.8 Å². The van der Waals surface area contributed by atoms with E-state index < -0.39 is 29.1 Å². The van der Waals surface area contributed by atoms with E-state index in [4.69, 9.17) is 16.0 Å². The maximum absolute atomic E-state index is 14.1.